The average molecular weight is 731 g/mol. The van der Waals surface area contributed by atoms with Crippen molar-refractivity contribution in [3.05, 3.63) is 119 Å². The maximum Gasteiger partial charge on any atom is 0.302 e. The molecule has 0 spiro atoms. The summed E-state index contributed by atoms with van der Waals surface area (Å²) in [6, 6.07) is 24.0. The lowest BCUT2D eigenvalue weighted by Crippen LogP contribution is -2.57. The predicted molar refractivity (Wildman–Crippen MR) is 202 cm³/mol. The molecule has 1 saturated heterocycles. The van der Waals surface area contributed by atoms with Crippen molar-refractivity contribution in [2.24, 2.45) is 11.1 Å². The standard InChI is InChI=1S/C41H51ClN4O6/c1-28(43)38(48)45-37(29(2)51-26-32-15-9-6-10-16-32)39(49)46-22-12-19-36(46)20-21-41(4,25-33-17-11-18-34(42)23-33)40(50)44-35(27-52-30(3)47)24-31-13-7-5-8-14-31/h5-11,13-18,20-21,23,28-29,35-37H,12,19,22,24-27,43H2,1-4H3,(H,44,50)(H,45,48)/t28-,29?,35-,36-,37-,41-/m0/s1. The summed E-state index contributed by atoms with van der Waals surface area (Å²) in [7, 11) is 0. The summed E-state index contributed by atoms with van der Waals surface area (Å²) < 4.78 is 11.5. The van der Waals surface area contributed by atoms with Gasteiger partial charge in [0.25, 0.3) is 0 Å². The highest BCUT2D eigenvalue weighted by atomic mass is 35.5. The van der Waals surface area contributed by atoms with Crippen LogP contribution in [0.2, 0.25) is 5.02 Å². The van der Waals surface area contributed by atoms with Crippen molar-refractivity contribution < 1.29 is 28.7 Å². The summed E-state index contributed by atoms with van der Waals surface area (Å²) >= 11 is 6.34. The second-order valence-electron chi connectivity index (χ2n) is 13.8. The van der Waals surface area contributed by atoms with Crippen molar-refractivity contribution in [1.29, 1.82) is 0 Å². The molecule has 52 heavy (non-hydrogen) atoms. The topological polar surface area (TPSA) is 140 Å². The Morgan fingerprint density at radius 2 is 1.62 bits per heavy atom. The number of hydrogen-bond acceptors (Lipinski definition) is 7. The molecular formula is C41H51ClN4O6. The van der Waals surface area contributed by atoms with Crippen LogP contribution in [0.4, 0.5) is 0 Å². The zero-order chi connectivity index (χ0) is 37.7. The molecule has 3 aromatic rings. The van der Waals surface area contributed by atoms with E-state index in [0.717, 1.165) is 23.1 Å². The van der Waals surface area contributed by atoms with Gasteiger partial charge in [0.05, 0.1) is 36.3 Å². The van der Waals surface area contributed by atoms with Crippen LogP contribution in [-0.2, 0) is 48.1 Å². The molecular weight excluding hydrogens is 680 g/mol. The minimum absolute atomic E-state index is 0.0108. The minimum Gasteiger partial charge on any atom is -0.464 e. The van der Waals surface area contributed by atoms with E-state index in [1.54, 1.807) is 24.8 Å². The van der Waals surface area contributed by atoms with Gasteiger partial charge in [0.2, 0.25) is 17.7 Å². The van der Waals surface area contributed by atoms with E-state index in [1.165, 1.54) is 6.92 Å². The maximum atomic E-state index is 14.3. The molecule has 0 aromatic heterocycles. The highest BCUT2D eigenvalue weighted by Gasteiger charge is 2.38. The number of carbonyl (C=O) groups is 4. The first-order chi connectivity index (χ1) is 24.8. The number of carbonyl (C=O) groups excluding carboxylic acids is 4. The average Bonchev–Trinajstić information content (AvgIpc) is 3.60. The summed E-state index contributed by atoms with van der Waals surface area (Å²) in [5.41, 5.74) is 7.58. The summed E-state index contributed by atoms with van der Waals surface area (Å²) in [5, 5.41) is 6.52. The molecule has 1 unspecified atom stereocenters. The van der Waals surface area contributed by atoms with Crippen LogP contribution >= 0.6 is 11.6 Å². The fraction of sp³-hybridized carbons (Fsp3) is 0.415. The number of ether oxygens (including phenoxy) is 2. The molecule has 4 rings (SSSR count). The van der Waals surface area contributed by atoms with Crippen molar-refractivity contribution in [3.63, 3.8) is 0 Å². The van der Waals surface area contributed by atoms with Gasteiger partial charge in [-0.05, 0) is 75.3 Å². The first-order valence-corrected chi connectivity index (χ1v) is 18.2. The molecule has 4 N–H and O–H groups in total. The van der Waals surface area contributed by atoms with Crippen LogP contribution in [0.1, 0.15) is 57.2 Å². The lowest BCUT2D eigenvalue weighted by atomic mass is 9.81. The lowest BCUT2D eigenvalue weighted by Gasteiger charge is -2.32. The van der Waals surface area contributed by atoms with Crippen LogP contribution in [0.3, 0.4) is 0 Å². The number of benzene rings is 3. The number of nitrogens with two attached hydrogens (primary N) is 1. The van der Waals surface area contributed by atoms with Gasteiger partial charge >= 0.3 is 5.97 Å². The second kappa shape index (κ2) is 19.4. The van der Waals surface area contributed by atoms with E-state index in [1.807, 2.05) is 97.9 Å². The van der Waals surface area contributed by atoms with E-state index in [2.05, 4.69) is 10.6 Å². The third-order valence-electron chi connectivity index (χ3n) is 9.20. The SMILES string of the molecule is CC(=O)OC[C@H](Cc1ccccc1)NC(=O)[C@@](C)(C=C[C@@H]1CCCN1C(=O)[C@@H](NC(=O)[C@H](C)N)C(C)OCc1ccccc1)Cc1cccc(Cl)c1. The zero-order valence-corrected chi connectivity index (χ0v) is 31.2. The third-order valence-corrected chi connectivity index (χ3v) is 9.43. The Bertz CT molecular complexity index is 1670. The number of hydrogen-bond donors (Lipinski definition) is 3. The Kier molecular flexibility index (Phi) is 15.0. The predicted octanol–water partition coefficient (Wildman–Crippen LogP) is 5.16. The largest absolute Gasteiger partial charge is 0.464 e. The van der Waals surface area contributed by atoms with Crippen LogP contribution in [0, 0.1) is 5.41 Å². The molecule has 11 heteroatoms. The number of likely N-dealkylation sites (tertiary alicyclic amines) is 1. The van der Waals surface area contributed by atoms with Crippen molar-refractivity contribution in [3.8, 4) is 0 Å². The van der Waals surface area contributed by atoms with Crippen LogP contribution in [0.15, 0.2) is 97.1 Å². The Labute approximate surface area is 312 Å². The maximum absolute atomic E-state index is 14.3. The van der Waals surface area contributed by atoms with Crippen LogP contribution < -0.4 is 16.4 Å². The number of nitrogens with zero attached hydrogens (tertiary/aromatic N) is 1. The lowest BCUT2D eigenvalue weighted by molar-refractivity contribution is -0.143. The van der Waals surface area contributed by atoms with Gasteiger partial charge in [0.15, 0.2) is 0 Å². The normalized spacial score (nSPS) is 17.8. The van der Waals surface area contributed by atoms with E-state index < -0.39 is 41.5 Å². The van der Waals surface area contributed by atoms with E-state index in [-0.39, 0.29) is 31.1 Å². The van der Waals surface area contributed by atoms with Gasteiger partial charge < -0.3 is 30.7 Å². The van der Waals surface area contributed by atoms with Gasteiger partial charge in [-0.15, -0.1) is 0 Å². The Balaban J connectivity index is 1.59. The molecule has 1 aliphatic heterocycles. The van der Waals surface area contributed by atoms with E-state index in [0.29, 0.717) is 30.8 Å². The van der Waals surface area contributed by atoms with Crippen molar-refractivity contribution in [2.45, 2.75) is 90.3 Å². The van der Waals surface area contributed by atoms with Crippen molar-refractivity contribution in [2.75, 3.05) is 13.2 Å². The molecule has 0 radical (unpaired) electrons. The highest BCUT2D eigenvalue weighted by Crippen LogP contribution is 2.29. The number of amides is 3. The van der Waals surface area contributed by atoms with Gasteiger partial charge in [0.1, 0.15) is 12.6 Å². The Hall–Kier alpha value is -4.51. The summed E-state index contributed by atoms with van der Waals surface area (Å²) in [5.74, 6) is -1.44. The Morgan fingerprint density at radius 1 is 0.962 bits per heavy atom. The summed E-state index contributed by atoms with van der Waals surface area (Å²) in [6.07, 6.45) is 5.31. The van der Waals surface area contributed by atoms with Crippen molar-refractivity contribution >= 4 is 35.3 Å². The zero-order valence-electron chi connectivity index (χ0n) is 30.4. The molecule has 278 valence electrons. The molecule has 6 atom stereocenters. The van der Waals surface area contributed by atoms with Crippen LogP contribution in [0.5, 0.6) is 0 Å². The second-order valence-corrected chi connectivity index (χ2v) is 14.2. The van der Waals surface area contributed by atoms with E-state index >= 15 is 0 Å². The molecule has 10 nitrogen and oxygen atoms in total. The first-order valence-electron chi connectivity index (χ1n) is 17.8. The van der Waals surface area contributed by atoms with Crippen LogP contribution in [-0.4, -0.2) is 72.0 Å². The molecule has 0 saturated carbocycles. The van der Waals surface area contributed by atoms with Gasteiger partial charge in [0, 0.05) is 18.5 Å². The summed E-state index contributed by atoms with van der Waals surface area (Å²) in [6.45, 7) is 7.27. The molecule has 0 aliphatic carbocycles. The molecule has 3 aromatic carbocycles. The first kappa shape index (κ1) is 40.3. The van der Waals surface area contributed by atoms with E-state index in [9.17, 15) is 19.2 Å². The number of esters is 1. The van der Waals surface area contributed by atoms with Gasteiger partial charge in [-0.3, -0.25) is 19.2 Å². The smallest absolute Gasteiger partial charge is 0.302 e. The quantitative estimate of drug-likeness (QED) is 0.129. The number of nitrogens with one attached hydrogen (secondary N) is 2. The highest BCUT2D eigenvalue weighted by molar-refractivity contribution is 6.30. The summed E-state index contributed by atoms with van der Waals surface area (Å²) in [4.78, 5) is 54.8. The van der Waals surface area contributed by atoms with Gasteiger partial charge in [-0.2, -0.15) is 0 Å². The fourth-order valence-electron chi connectivity index (χ4n) is 6.24. The molecule has 1 fully saturated rings. The van der Waals surface area contributed by atoms with Crippen molar-refractivity contribution in [1.82, 2.24) is 15.5 Å². The minimum atomic E-state index is -1.08. The number of rotatable bonds is 17. The molecule has 1 aliphatic rings. The fourth-order valence-corrected chi connectivity index (χ4v) is 6.45. The Morgan fingerprint density at radius 3 is 2.25 bits per heavy atom. The van der Waals surface area contributed by atoms with Gasteiger partial charge in [-0.1, -0.05) is 96.5 Å². The molecule has 0 bridgehead atoms. The monoisotopic (exact) mass is 730 g/mol. The molecule has 3 amide bonds. The molecule has 1 heterocycles. The van der Waals surface area contributed by atoms with Gasteiger partial charge in [-0.25, -0.2) is 0 Å². The van der Waals surface area contributed by atoms with E-state index in [4.69, 9.17) is 26.8 Å². The third kappa shape index (κ3) is 12.0. The van der Waals surface area contributed by atoms with Crippen LogP contribution in [0.25, 0.3) is 0 Å². The number of halogens is 1.